The minimum absolute atomic E-state index is 0.0632. The molecule has 0 unspecified atom stereocenters. The van der Waals surface area contributed by atoms with Gasteiger partial charge in [0.1, 0.15) is 23.9 Å². The second kappa shape index (κ2) is 14.7. The Morgan fingerprint density at radius 1 is 0.462 bits per heavy atom. The van der Waals surface area contributed by atoms with E-state index in [4.69, 9.17) is 0 Å². The summed E-state index contributed by atoms with van der Waals surface area (Å²) in [6.07, 6.45) is 17.0. The van der Waals surface area contributed by atoms with Crippen LogP contribution in [0.3, 0.4) is 0 Å². The van der Waals surface area contributed by atoms with Crippen molar-refractivity contribution in [2.45, 2.75) is 105 Å². The van der Waals surface area contributed by atoms with Crippen molar-refractivity contribution in [1.29, 1.82) is 0 Å². The van der Waals surface area contributed by atoms with Gasteiger partial charge in [-0.2, -0.15) is 5.10 Å². The Morgan fingerprint density at radius 2 is 1.02 bits per heavy atom. The summed E-state index contributed by atoms with van der Waals surface area (Å²) in [5.41, 5.74) is 9.43. The van der Waals surface area contributed by atoms with E-state index in [2.05, 4.69) is 168 Å². The van der Waals surface area contributed by atoms with Gasteiger partial charge in [-0.3, -0.25) is 4.40 Å². The van der Waals surface area contributed by atoms with Crippen molar-refractivity contribution in [2.24, 2.45) is 0 Å². The van der Waals surface area contributed by atoms with Crippen LogP contribution in [0.15, 0.2) is 111 Å². The molecule has 0 radical (unpaired) electrons. The fourth-order valence-corrected chi connectivity index (χ4v) is 5.21. The van der Waals surface area contributed by atoms with Gasteiger partial charge in [0.05, 0.1) is 16.9 Å². The normalized spacial score (nSPS) is 12.2. The Kier molecular flexibility index (Phi) is 10.7. The van der Waals surface area contributed by atoms with E-state index in [0.29, 0.717) is 0 Å². The molecule has 8 aromatic heterocycles. The van der Waals surface area contributed by atoms with Gasteiger partial charge in [0.25, 0.3) is 0 Å². The van der Waals surface area contributed by atoms with Gasteiger partial charge in [-0.05, 0) is 70.5 Å². The number of imidazole rings is 2. The van der Waals surface area contributed by atoms with Crippen LogP contribution in [0.1, 0.15) is 106 Å². The molecule has 0 aliphatic carbocycles. The predicted octanol–water partition coefficient (Wildman–Crippen LogP) is 9.32. The van der Waals surface area contributed by atoms with Crippen LogP contribution in [0.5, 0.6) is 0 Å². The van der Waals surface area contributed by atoms with Crippen molar-refractivity contribution in [2.75, 3.05) is 0 Å². The maximum absolute atomic E-state index is 4.52. The molecular weight excluding hydrogens is 645 g/mol. The highest BCUT2D eigenvalue weighted by atomic mass is 15.2. The van der Waals surface area contributed by atoms with Gasteiger partial charge < -0.3 is 8.80 Å². The van der Waals surface area contributed by atoms with E-state index in [1.54, 1.807) is 17.1 Å². The molecule has 8 rings (SSSR count). The molecule has 52 heavy (non-hydrogen) atoms. The summed E-state index contributed by atoms with van der Waals surface area (Å²) in [6.45, 7) is 26.2. The quantitative estimate of drug-likeness (QED) is 0.157. The summed E-state index contributed by atoms with van der Waals surface area (Å²) in [4.78, 5) is 12.8. The van der Waals surface area contributed by atoms with Gasteiger partial charge in [0, 0.05) is 60.3 Å². The summed E-state index contributed by atoms with van der Waals surface area (Å²) in [5, 5.41) is 12.3. The zero-order valence-corrected chi connectivity index (χ0v) is 32.9. The van der Waals surface area contributed by atoms with Crippen molar-refractivity contribution in [1.82, 2.24) is 48.0 Å². The fourth-order valence-electron chi connectivity index (χ4n) is 5.21. The summed E-state index contributed by atoms with van der Waals surface area (Å²) < 4.78 is 7.76. The van der Waals surface area contributed by atoms with Crippen molar-refractivity contribution in [3.63, 3.8) is 0 Å². The molecule has 0 aromatic carbocycles. The number of aromatic nitrogens is 10. The standard InChI is InChI=1S/3C11H14N2.C9H12N4/c2*1-11(2,3)9-4-6-13-7-5-12-10(13)8-9;1-11(2,3)10-7-6-9-5-4-8-13(9)12-10;1-9(2,3)7-4-8-12-11-6-13(8)5-10-7/h3*4-8H,1-3H3;4-6H,1-3H3. The van der Waals surface area contributed by atoms with Gasteiger partial charge in [-0.1, -0.05) is 83.1 Å². The average molecular weight is 699 g/mol. The van der Waals surface area contributed by atoms with E-state index in [1.165, 1.54) is 11.1 Å². The van der Waals surface area contributed by atoms with E-state index in [0.717, 1.165) is 33.8 Å². The number of fused-ring (bicyclic) bond motifs is 4. The molecule has 0 saturated carbocycles. The van der Waals surface area contributed by atoms with Gasteiger partial charge in [0.2, 0.25) is 0 Å². The molecule has 8 aromatic rings. The molecule has 0 fully saturated rings. The Hall–Kier alpha value is -5.38. The highest BCUT2D eigenvalue weighted by Crippen LogP contribution is 2.24. The maximum atomic E-state index is 4.52. The van der Waals surface area contributed by atoms with Crippen LogP contribution in [-0.4, -0.2) is 48.0 Å². The van der Waals surface area contributed by atoms with E-state index >= 15 is 0 Å². The zero-order valence-electron chi connectivity index (χ0n) is 32.9. The molecule has 0 aliphatic heterocycles. The summed E-state index contributed by atoms with van der Waals surface area (Å²) in [5.74, 6) is 0. The fraction of sp³-hybridized carbons (Fsp3) is 0.381. The summed E-state index contributed by atoms with van der Waals surface area (Å²) in [6, 6.07) is 18.8. The van der Waals surface area contributed by atoms with Crippen LogP contribution < -0.4 is 0 Å². The monoisotopic (exact) mass is 698 g/mol. The zero-order chi connectivity index (χ0) is 37.9. The molecule has 0 saturated heterocycles. The van der Waals surface area contributed by atoms with E-state index < -0.39 is 0 Å². The van der Waals surface area contributed by atoms with Crippen LogP contribution in [0.2, 0.25) is 0 Å². The molecule has 0 spiro atoms. The SMILES string of the molecule is CC(C)(C)c1cc2nncn2cn1.CC(C)(C)c1ccc2cccn2n1.CC(C)(C)c1ccn2ccnc2c1.CC(C)(C)c1ccn2ccnc2c1. The molecule has 10 heteroatoms. The van der Waals surface area contributed by atoms with Crippen molar-refractivity contribution < 1.29 is 0 Å². The van der Waals surface area contributed by atoms with Crippen LogP contribution >= 0.6 is 0 Å². The van der Waals surface area contributed by atoms with Crippen molar-refractivity contribution in [3.05, 3.63) is 133 Å². The minimum Gasteiger partial charge on any atom is -0.307 e. The largest absolute Gasteiger partial charge is 0.307 e. The first-order valence-electron chi connectivity index (χ1n) is 17.8. The number of hydrogen-bond donors (Lipinski definition) is 0. The lowest BCUT2D eigenvalue weighted by atomic mass is 9.88. The molecule has 8 heterocycles. The van der Waals surface area contributed by atoms with Crippen LogP contribution in [0, 0.1) is 0 Å². The first-order chi connectivity index (χ1) is 24.3. The lowest BCUT2D eigenvalue weighted by Crippen LogP contribution is -2.14. The molecule has 0 amide bonds. The highest BCUT2D eigenvalue weighted by molar-refractivity contribution is 5.47. The highest BCUT2D eigenvalue weighted by Gasteiger charge is 2.17. The van der Waals surface area contributed by atoms with Gasteiger partial charge in [-0.15, -0.1) is 10.2 Å². The topological polar surface area (TPSA) is 95.0 Å². The van der Waals surface area contributed by atoms with Crippen LogP contribution in [0.25, 0.3) is 22.5 Å². The van der Waals surface area contributed by atoms with Crippen LogP contribution in [0.4, 0.5) is 0 Å². The first-order valence-corrected chi connectivity index (χ1v) is 17.8. The van der Waals surface area contributed by atoms with Gasteiger partial charge in [0.15, 0.2) is 5.65 Å². The predicted molar refractivity (Wildman–Crippen MR) is 211 cm³/mol. The van der Waals surface area contributed by atoms with Crippen molar-refractivity contribution in [3.8, 4) is 0 Å². The second-order valence-electron chi connectivity index (χ2n) is 17.2. The third kappa shape index (κ3) is 9.48. The number of hydrogen-bond acceptors (Lipinski definition) is 6. The van der Waals surface area contributed by atoms with Crippen molar-refractivity contribution >= 4 is 22.5 Å². The molecule has 272 valence electrons. The van der Waals surface area contributed by atoms with Gasteiger partial charge >= 0.3 is 0 Å². The number of nitrogens with zero attached hydrogens (tertiary/aromatic N) is 10. The third-order valence-electron chi connectivity index (χ3n) is 8.64. The maximum Gasteiger partial charge on any atom is 0.163 e. The second-order valence-corrected chi connectivity index (χ2v) is 17.2. The van der Waals surface area contributed by atoms with E-state index in [-0.39, 0.29) is 21.7 Å². The van der Waals surface area contributed by atoms with E-state index in [9.17, 15) is 0 Å². The third-order valence-corrected chi connectivity index (χ3v) is 8.64. The molecule has 10 nitrogen and oxygen atoms in total. The summed E-state index contributed by atoms with van der Waals surface area (Å²) in [7, 11) is 0. The Balaban J connectivity index is 0.000000134. The Labute approximate surface area is 307 Å². The molecule has 0 N–H and O–H groups in total. The average Bonchev–Trinajstić information content (AvgIpc) is 3.89. The molecule has 0 atom stereocenters. The Morgan fingerprint density at radius 3 is 1.54 bits per heavy atom. The van der Waals surface area contributed by atoms with E-state index in [1.807, 2.05) is 56.4 Å². The van der Waals surface area contributed by atoms with Crippen LogP contribution in [-0.2, 0) is 21.7 Å². The van der Waals surface area contributed by atoms with Gasteiger partial charge in [-0.25, -0.2) is 19.5 Å². The number of rotatable bonds is 0. The first kappa shape index (κ1) is 37.9. The minimum atomic E-state index is 0.0632. The number of pyridine rings is 2. The Bertz CT molecular complexity index is 2020. The molecule has 0 bridgehead atoms. The summed E-state index contributed by atoms with van der Waals surface area (Å²) >= 11 is 0. The smallest absolute Gasteiger partial charge is 0.163 e. The lowest BCUT2D eigenvalue weighted by molar-refractivity contribution is 0.554. The lowest BCUT2D eigenvalue weighted by Gasteiger charge is -2.18. The molecule has 0 aliphatic rings. The molecular formula is C42H54N10.